The summed E-state index contributed by atoms with van der Waals surface area (Å²) in [5.74, 6) is -0.155. The first-order chi connectivity index (χ1) is 11.4. The van der Waals surface area contributed by atoms with Crippen molar-refractivity contribution in [1.82, 2.24) is 10.3 Å². The van der Waals surface area contributed by atoms with Gasteiger partial charge in [-0.2, -0.15) is 0 Å². The Balaban J connectivity index is 1.67. The van der Waals surface area contributed by atoms with E-state index in [-0.39, 0.29) is 17.2 Å². The zero-order valence-electron chi connectivity index (χ0n) is 14.5. The van der Waals surface area contributed by atoms with Gasteiger partial charge in [-0.05, 0) is 43.7 Å². The Bertz CT molecular complexity index is 644. The van der Waals surface area contributed by atoms with Crippen LogP contribution in [-0.4, -0.2) is 22.0 Å². The van der Waals surface area contributed by atoms with Gasteiger partial charge in [0.25, 0.3) is 0 Å². The second kappa shape index (κ2) is 6.54. The van der Waals surface area contributed by atoms with Crippen molar-refractivity contribution in [3.63, 3.8) is 0 Å². The van der Waals surface area contributed by atoms with Gasteiger partial charge < -0.3 is 10.4 Å². The van der Waals surface area contributed by atoms with Crippen molar-refractivity contribution < 1.29 is 14.7 Å². The van der Waals surface area contributed by atoms with Crippen LogP contribution in [0, 0.1) is 11.3 Å². The second-order valence-corrected chi connectivity index (χ2v) is 7.70. The standard InChI is InChI=1S/C19H26N2O3/c1-19(2,13-5-3-4-6-13)18(24)20-11-14-9-10-15(17(22)23)16(21-14)12-7-8-12/h9-10,12-13H,3-8,11H2,1-2H3,(H,20,24)(H,22,23). The summed E-state index contributed by atoms with van der Waals surface area (Å²) in [5, 5.41) is 12.3. The minimum Gasteiger partial charge on any atom is -0.478 e. The van der Waals surface area contributed by atoms with Crippen LogP contribution in [0.15, 0.2) is 12.1 Å². The van der Waals surface area contributed by atoms with Crippen LogP contribution in [0.4, 0.5) is 0 Å². The van der Waals surface area contributed by atoms with E-state index < -0.39 is 5.97 Å². The van der Waals surface area contributed by atoms with Gasteiger partial charge in [0.05, 0.1) is 23.5 Å². The zero-order valence-corrected chi connectivity index (χ0v) is 14.5. The lowest BCUT2D eigenvalue weighted by Gasteiger charge is -2.30. The predicted octanol–water partition coefficient (Wildman–Crippen LogP) is 3.49. The molecular weight excluding hydrogens is 304 g/mol. The molecule has 0 aliphatic heterocycles. The molecule has 2 fully saturated rings. The SMILES string of the molecule is CC(C)(C(=O)NCc1ccc(C(=O)O)c(C2CC2)n1)C1CCCC1. The summed E-state index contributed by atoms with van der Waals surface area (Å²) < 4.78 is 0. The highest BCUT2D eigenvalue weighted by Gasteiger charge is 2.38. The van der Waals surface area contributed by atoms with Crippen LogP contribution in [0.2, 0.25) is 0 Å². The minimum atomic E-state index is -0.928. The molecule has 0 saturated heterocycles. The average molecular weight is 330 g/mol. The Kier molecular flexibility index (Phi) is 4.61. The Morgan fingerprint density at radius 3 is 2.46 bits per heavy atom. The lowest BCUT2D eigenvalue weighted by atomic mass is 9.77. The maximum absolute atomic E-state index is 12.6. The van der Waals surface area contributed by atoms with E-state index in [1.165, 1.54) is 12.8 Å². The van der Waals surface area contributed by atoms with E-state index in [1.54, 1.807) is 12.1 Å². The Morgan fingerprint density at radius 1 is 1.21 bits per heavy atom. The van der Waals surface area contributed by atoms with Crippen LogP contribution in [-0.2, 0) is 11.3 Å². The average Bonchev–Trinajstić information content (AvgIpc) is 3.25. The number of rotatable bonds is 6. The van der Waals surface area contributed by atoms with Crippen LogP contribution < -0.4 is 5.32 Å². The Labute approximate surface area is 142 Å². The number of carbonyl (C=O) groups excluding carboxylic acids is 1. The van der Waals surface area contributed by atoms with Crippen LogP contribution in [0.1, 0.15) is 80.0 Å². The summed E-state index contributed by atoms with van der Waals surface area (Å²) >= 11 is 0. The molecule has 2 N–H and O–H groups in total. The molecule has 24 heavy (non-hydrogen) atoms. The topological polar surface area (TPSA) is 79.3 Å². The van der Waals surface area contributed by atoms with Gasteiger partial charge in [0.2, 0.25) is 5.91 Å². The number of nitrogens with one attached hydrogen (secondary N) is 1. The largest absolute Gasteiger partial charge is 0.478 e. The van der Waals surface area contributed by atoms with Crippen molar-refractivity contribution in [2.45, 2.75) is 64.8 Å². The van der Waals surface area contributed by atoms with Gasteiger partial charge in [0.1, 0.15) is 0 Å². The van der Waals surface area contributed by atoms with Crippen LogP contribution >= 0.6 is 0 Å². The fourth-order valence-corrected chi connectivity index (χ4v) is 3.70. The fraction of sp³-hybridized carbons (Fsp3) is 0.632. The molecule has 5 heteroatoms. The smallest absolute Gasteiger partial charge is 0.337 e. The molecule has 2 aliphatic rings. The normalized spacial score (nSPS) is 18.6. The molecule has 2 aliphatic carbocycles. The van der Waals surface area contributed by atoms with Gasteiger partial charge in [-0.25, -0.2) is 4.79 Å². The van der Waals surface area contributed by atoms with Crippen LogP contribution in [0.5, 0.6) is 0 Å². The Hall–Kier alpha value is -1.91. The molecule has 1 heterocycles. The summed E-state index contributed by atoms with van der Waals surface area (Å²) in [4.78, 5) is 28.4. The zero-order chi connectivity index (χ0) is 17.3. The van der Waals surface area contributed by atoms with Gasteiger partial charge in [-0.3, -0.25) is 9.78 Å². The molecule has 0 atom stereocenters. The van der Waals surface area contributed by atoms with Crippen LogP contribution in [0.3, 0.4) is 0 Å². The molecule has 0 radical (unpaired) electrons. The fourth-order valence-electron chi connectivity index (χ4n) is 3.70. The van der Waals surface area contributed by atoms with Gasteiger partial charge in [0, 0.05) is 11.3 Å². The molecule has 1 amide bonds. The number of aromatic carboxylic acids is 1. The van der Waals surface area contributed by atoms with Crippen molar-refractivity contribution in [1.29, 1.82) is 0 Å². The van der Waals surface area contributed by atoms with Crippen molar-refractivity contribution in [3.05, 3.63) is 29.1 Å². The molecule has 1 aromatic rings. The van der Waals surface area contributed by atoms with Crippen molar-refractivity contribution in [2.75, 3.05) is 0 Å². The van der Waals surface area contributed by atoms with E-state index in [0.29, 0.717) is 23.7 Å². The van der Waals surface area contributed by atoms with E-state index in [2.05, 4.69) is 10.3 Å². The number of carboxylic acids is 1. The second-order valence-electron chi connectivity index (χ2n) is 7.70. The summed E-state index contributed by atoms with van der Waals surface area (Å²) in [6.07, 6.45) is 6.67. The van der Waals surface area contributed by atoms with E-state index >= 15 is 0 Å². The quantitative estimate of drug-likeness (QED) is 0.837. The highest BCUT2D eigenvalue weighted by Crippen LogP contribution is 2.41. The van der Waals surface area contributed by atoms with Gasteiger partial charge >= 0.3 is 5.97 Å². The summed E-state index contributed by atoms with van der Waals surface area (Å²) in [5.41, 5.74) is 1.33. The highest BCUT2D eigenvalue weighted by molar-refractivity contribution is 5.89. The molecule has 0 aromatic carbocycles. The number of aromatic nitrogens is 1. The monoisotopic (exact) mass is 330 g/mol. The number of carboxylic acid groups (broad SMARTS) is 1. The van der Waals surface area contributed by atoms with Gasteiger partial charge in [0.15, 0.2) is 0 Å². The molecule has 5 nitrogen and oxygen atoms in total. The number of carbonyl (C=O) groups is 2. The predicted molar refractivity (Wildman–Crippen MR) is 90.8 cm³/mol. The molecule has 0 spiro atoms. The molecule has 1 aromatic heterocycles. The lowest BCUT2D eigenvalue weighted by Crippen LogP contribution is -2.41. The molecule has 0 bridgehead atoms. The molecule has 130 valence electrons. The van der Waals surface area contributed by atoms with Crippen molar-refractivity contribution in [2.24, 2.45) is 11.3 Å². The Morgan fingerprint density at radius 2 is 1.88 bits per heavy atom. The van der Waals surface area contributed by atoms with E-state index in [4.69, 9.17) is 0 Å². The van der Waals surface area contributed by atoms with Crippen molar-refractivity contribution in [3.8, 4) is 0 Å². The molecule has 3 rings (SSSR count). The third-order valence-electron chi connectivity index (χ3n) is 5.57. The van der Waals surface area contributed by atoms with E-state index in [9.17, 15) is 14.7 Å². The van der Waals surface area contributed by atoms with Gasteiger partial charge in [-0.1, -0.05) is 26.7 Å². The molecule has 0 unspecified atom stereocenters. The maximum Gasteiger partial charge on any atom is 0.337 e. The summed E-state index contributed by atoms with van der Waals surface area (Å²) in [6.45, 7) is 4.40. The summed E-state index contributed by atoms with van der Waals surface area (Å²) in [7, 11) is 0. The third-order valence-corrected chi connectivity index (χ3v) is 5.57. The molecule has 2 saturated carbocycles. The first-order valence-corrected chi connectivity index (χ1v) is 8.91. The molecular formula is C19H26N2O3. The number of hydrogen-bond donors (Lipinski definition) is 2. The van der Waals surface area contributed by atoms with E-state index in [1.807, 2.05) is 13.8 Å². The first-order valence-electron chi connectivity index (χ1n) is 8.91. The maximum atomic E-state index is 12.6. The summed E-state index contributed by atoms with van der Waals surface area (Å²) in [6, 6.07) is 3.32. The first kappa shape index (κ1) is 16.9. The lowest BCUT2D eigenvalue weighted by molar-refractivity contribution is -0.132. The number of hydrogen-bond acceptors (Lipinski definition) is 3. The highest BCUT2D eigenvalue weighted by atomic mass is 16.4. The number of pyridine rings is 1. The van der Waals surface area contributed by atoms with Crippen LogP contribution in [0.25, 0.3) is 0 Å². The van der Waals surface area contributed by atoms with Crippen molar-refractivity contribution >= 4 is 11.9 Å². The van der Waals surface area contributed by atoms with Gasteiger partial charge in [-0.15, -0.1) is 0 Å². The minimum absolute atomic E-state index is 0.0616. The van der Waals surface area contributed by atoms with E-state index in [0.717, 1.165) is 31.4 Å². The number of amides is 1. The third kappa shape index (κ3) is 3.45. The number of nitrogens with zero attached hydrogens (tertiary/aromatic N) is 1.